The summed E-state index contributed by atoms with van der Waals surface area (Å²) in [6, 6.07) is 1.64. The number of carboxylic acid groups (broad SMARTS) is 1. The van der Waals surface area contributed by atoms with Gasteiger partial charge in [0.05, 0.1) is 11.1 Å². The first kappa shape index (κ1) is 12.5. The zero-order valence-electron chi connectivity index (χ0n) is 6.90. The zero-order valence-corrected chi connectivity index (χ0v) is 10.1. The number of carboxylic acids is 1. The van der Waals surface area contributed by atoms with Crippen molar-refractivity contribution < 1.29 is 23.1 Å². The van der Waals surface area contributed by atoms with Gasteiger partial charge in [-0.1, -0.05) is 15.9 Å². The van der Waals surface area contributed by atoms with Gasteiger partial charge in [-0.15, -0.1) is 0 Å². The molecule has 0 aromatic heterocycles. The van der Waals surface area contributed by atoms with Crippen molar-refractivity contribution in [2.45, 2.75) is 6.18 Å². The SMILES string of the molecule is O=C(O)c1cc(C(F)(F)F)c(Br)cc1Br. The van der Waals surface area contributed by atoms with Crippen LogP contribution in [-0.4, -0.2) is 11.1 Å². The van der Waals surface area contributed by atoms with Crippen molar-refractivity contribution in [3.05, 3.63) is 32.2 Å². The molecular formula is C8H3Br2F3O2. The normalized spacial score (nSPS) is 11.5. The van der Waals surface area contributed by atoms with Crippen molar-refractivity contribution in [1.82, 2.24) is 0 Å². The fourth-order valence-corrected chi connectivity index (χ4v) is 2.32. The van der Waals surface area contributed by atoms with Gasteiger partial charge in [-0.25, -0.2) is 4.79 Å². The quantitative estimate of drug-likeness (QED) is 0.835. The number of hydrogen-bond acceptors (Lipinski definition) is 1. The molecule has 0 radical (unpaired) electrons. The van der Waals surface area contributed by atoms with E-state index in [2.05, 4.69) is 31.9 Å². The van der Waals surface area contributed by atoms with E-state index in [0.29, 0.717) is 6.07 Å². The topological polar surface area (TPSA) is 37.3 Å². The second-order valence-electron chi connectivity index (χ2n) is 2.61. The monoisotopic (exact) mass is 346 g/mol. The van der Waals surface area contributed by atoms with Crippen molar-refractivity contribution >= 4 is 37.8 Å². The molecule has 0 spiro atoms. The average Bonchev–Trinajstić information content (AvgIpc) is 2.00. The van der Waals surface area contributed by atoms with Gasteiger partial charge in [0.15, 0.2) is 0 Å². The van der Waals surface area contributed by atoms with E-state index in [4.69, 9.17) is 5.11 Å². The van der Waals surface area contributed by atoms with Gasteiger partial charge in [0.1, 0.15) is 0 Å². The van der Waals surface area contributed by atoms with Crippen LogP contribution < -0.4 is 0 Å². The maximum atomic E-state index is 12.4. The van der Waals surface area contributed by atoms with Gasteiger partial charge in [0.2, 0.25) is 0 Å². The molecule has 1 aromatic rings. The summed E-state index contributed by atoms with van der Waals surface area (Å²) in [7, 11) is 0. The standard InChI is InChI=1S/C8H3Br2F3O2/c9-5-2-6(10)4(8(11,12)13)1-3(5)7(14)15/h1-2H,(H,14,15). The number of halogens is 5. The molecule has 0 aliphatic heterocycles. The molecule has 0 saturated heterocycles. The van der Waals surface area contributed by atoms with Crippen molar-refractivity contribution in [2.24, 2.45) is 0 Å². The first-order valence-corrected chi connectivity index (χ1v) is 5.11. The molecule has 0 aliphatic carbocycles. The van der Waals surface area contributed by atoms with E-state index in [0.717, 1.165) is 6.07 Å². The molecule has 82 valence electrons. The van der Waals surface area contributed by atoms with Crippen LogP contribution in [0, 0.1) is 0 Å². The molecule has 15 heavy (non-hydrogen) atoms. The molecule has 2 nitrogen and oxygen atoms in total. The Hall–Kier alpha value is -0.560. The van der Waals surface area contributed by atoms with Gasteiger partial charge in [0, 0.05) is 8.95 Å². The number of alkyl halides is 3. The minimum atomic E-state index is -4.58. The van der Waals surface area contributed by atoms with Crippen molar-refractivity contribution in [1.29, 1.82) is 0 Å². The maximum Gasteiger partial charge on any atom is 0.417 e. The summed E-state index contributed by atoms with van der Waals surface area (Å²) in [5.74, 6) is -1.42. The Kier molecular flexibility index (Phi) is 3.44. The van der Waals surface area contributed by atoms with Crippen molar-refractivity contribution in [2.75, 3.05) is 0 Å². The lowest BCUT2D eigenvalue weighted by Crippen LogP contribution is -2.09. The Bertz CT molecular complexity index is 415. The van der Waals surface area contributed by atoms with Crippen LogP contribution >= 0.6 is 31.9 Å². The molecule has 0 aliphatic rings. The van der Waals surface area contributed by atoms with Gasteiger partial charge in [-0.3, -0.25) is 0 Å². The van der Waals surface area contributed by atoms with Crippen LogP contribution in [0.3, 0.4) is 0 Å². The molecule has 1 rings (SSSR count). The number of aromatic carboxylic acids is 1. The molecule has 1 N–H and O–H groups in total. The number of rotatable bonds is 1. The molecule has 0 amide bonds. The van der Waals surface area contributed by atoms with Crippen LogP contribution in [-0.2, 0) is 6.18 Å². The van der Waals surface area contributed by atoms with Crippen LogP contribution in [0.2, 0.25) is 0 Å². The van der Waals surface area contributed by atoms with E-state index in [1.807, 2.05) is 0 Å². The summed E-state index contributed by atoms with van der Waals surface area (Å²) < 4.78 is 37.0. The molecule has 7 heteroatoms. The van der Waals surface area contributed by atoms with Crippen LogP contribution in [0.15, 0.2) is 21.1 Å². The third-order valence-corrected chi connectivity index (χ3v) is 2.90. The molecule has 1 aromatic carbocycles. The van der Waals surface area contributed by atoms with Crippen LogP contribution in [0.1, 0.15) is 15.9 Å². The zero-order chi connectivity index (χ0) is 11.8. The smallest absolute Gasteiger partial charge is 0.417 e. The summed E-state index contributed by atoms with van der Waals surface area (Å²) in [6.07, 6.45) is -4.58. The van der Waals surface area contributed by atoms with Gasteiger partial charge in [-0.2, -0.15) is 13.2 Å². The molecule has 0 saturated carbocycles. The van der Waals surface area contributed by atoms with E-state index in [1.54, 1.807) is 0 Å². The summed E-state index contributed by atoms with van der Waals surface area (Å²) in [6.45, 7) is 0. The Morgan fingerprint density at radius 3 is 2.13 bits per heavy atom. The lowest BCUT2D eigenvalue weighted by atomic mass is 10.1. The van der Waals surface area contributed by atoms with Crippen LogP contribution in [0.5, 0.6) is 0 Å². The fraction of sp³-hybridized carbons (Fsp3) is 0.125. The summed E-state index contributed by atoms with van der Waals surface area (Å²) in [5, 5.41) is 8.63. The second-order valence-corrected chi connectivity index (χ2v) is 4.32. The van der Waals surface area contributed by atoms with E-state index in [9.17, 15) is 18.0 Å². The molecule has 0 bridgehead atoms. The third kappa shape index (κ3) is 2.72. The molecular weight excluding hydrogens is 345 g/mol. The summed E-state index contributed by atoms with van der Waals surface area (Å²) >= 11 is 5.59. The number of benzene rings is 1. The lowest BCUT2D eigenvalue weighted by molar-refractivity contribution is -0.138. The third-order valence-electron chi connectivity index (χ3n) is 1.59. The molecule has 0 unspecified atom stereocenters. The second kappa shape index (κ2) is 4.13. The summed E-state index contributed by atoms with van der Waals surface area (Å²) in [4.78, 5) is 10.6. The summed E-state index contributed by atoms with van der Waals surface area (Å²) in [5.41, 5.74) is -1.44. The Morgan fingerprint density at radius 1 is 1.20 bits per heavy atom. The highest BCUT2D eigenvalue weighted by molar-refractivity contribution is 9.11. The molecule has 0 atom stereocenters. The highest BCUT2D eigenvalue weighted by Gasteiger charge is 2.34. The number of carbonyl (C=O) groups is 1. The van der Waals surface area contributed by atoms with Gasteiger partial charge in [0.25, 0.3) is 0 Å². The minimum absolute atomic E-state index is 0.0925. The molecule has 0 heterocycles. The van der Waals surface area contributed by atoms with Gasteiger partial charge < -0.3 is 5.11 Å². The Morgan fingerprint density at radius 2 is 1.73 bits per heavy atom. The van der Waals surface area contributed by atoms with Crippen molar-refractivity contribution in [3.8, 4) is 0 Å². The lowest BCUT2D eigenvalue weighted by Gasteiger charge is -2.10. The van der Waals surface area contributed by atoms with Gasteiger partial charge >= 0.3 is 12.1 Å². The fourth-order valence-electron chi connectivity index (χ4n) is 0.930. The predicted octanol–water partition coefficient (Wildman–Crippen LogP) is 3.93. The van der Waals surface area contributed by atoms with E-state index in [-0.39, 0.29) is 8.95 Å². The van der Waals surface area contributed by atoms with E-state index < -0.39 is 23.3 Å². The first-order chi connectivity index (χ1) is 6.73. The first-order valence-electron chi connectivity index (χ1n) is 3.53. The minimum Gasteiger partial charge on any atom is -0.478 e. The van der Waals surface area contributed by atoms with Crippen LogP contribution in [0.4, 0.5) is 13.2 Å². The van der Waals surface area contributed by atoms with E-state index in [1.165, 1.54) is 0 Å². The van der Waals surface area contributed by atoms with Crippen molar-refractivity contribution in [3.63, 3.8) is 0 Å². The Labute approximate surface area is 99.3 Å². The molecule has 0 fully saturated rings. The Balaban J connectivity index is 3.43. The van der Waals surface area contributed by atoms with Gasteiger partial charge in [-0.05, 0) is 28.1 Å². The van der Waals surface area contributed by atoms with Crippen LogP contribution in [0.25, 0.3) is 0 Å². The highest BCUT2D eigenvalue weighted by atomic mass is 79.9. The number of hydrogen-bond donors (Lipinski definition) is 1. The maximum absolute atomic E-state index is 12.4. The largest absolute Gasteiger partial charge is 0.478 e. The average molecular weight is 348 g/mol. The van der Waals surface area contributed by atoms with E-state index >= 15 is 0 Å². The predicted molar refractivity (Wildman–Crippen MR) is 53.8 cm³/mol. The highest BCUT2D eigenvalue weighted by Crippen LogP contribution is 2.37.